The van der Waals surface area contributed by atoms with Crippen LogP contribution in [0.3, 0.4) is 0 Å². The maximum atomic E-state index is 12.2. The second kappa shape index (κ2) is 6.80. The van der Waals surface area contributed by atoms with Crippen LogP contribution < -0.4 is 4.74 Å². The lowest BCUT2D eigenvalue weighted by molar-refractivity contribution is -0.151. The van der Waals surface area contributed by atoms with Crippen molar-refractivity contribution in [2.75, 3.05) is 20.3 Å². The van der Waals surface area contributed by atoms with Crippen molar-refractivity contribution in [1.82, 2.24) is 4.90 Å². The molecule has 114 valence electrons. The van der Waals surface area contributed by atoms with E-state index in [1.807, 2.05) is 6.92 Å². The van der Waals surface area contributed by atoms with E-state index < -0.39 is 6.04 Å². The minimum absolute atomic E-state index is 0.103. The molecule has 6 heteroatoms. The smallest absolute Gasteiger partial charge is 0.328 e. The number of esters is 1. The molecule has 1 saturated heterocycles. The molecule has 5 nitrogen and oxygen atoms in total. The Morgan fingerprint density at radius 2 is 2.19 bits per heavy atom. The number of benzene rings is 1. The molecule has 1 aliphatic rings. The molecule has 0 saturated carbocycles. The lowest BCUT2D eigenvalue weighted by atomic mass is 10.2. The second-order valence-corrected chi connectivity index (χ2v) is 5.38. The molecule has 1 heterocycles. The predicted octanol–water partition coefficient (Wildman–Crippen LogP) is 2.19. The van der Waals surface area contributed by atoms with Gasteiger partial charge in [0.05, 0.1) is 7.11 Å². The lowest BCUT2D eigenvalue weighted by Gasteiger charge is -2.22. The highest BCUT2D eigenvalue weighted by Gasteiger charge is 2.34. The van der Waals surface area contributed by atoms with Crippen molar-refractivity contribution in [3.63, 3.8) is 0 Å². The number of carbonyl (C=O) groups excluding carboxylic acids is 2. The van der Waals surface area contributed by atoms with Gasteiger partial charge in [-0.2, -0.15) is 0 Å². The van der Waals surface area contributed by atoms with Crippen LogP contribution in [0.1, 0.15) is 18.4 Å². The summed E-state index contributed by atoms with van der Waals surface area (Å²) in [5.41, 5.74) is 0.884. The van der Waals surface area contributed by atoms with Crippen molar-refractivity contribution in [3.8, 4) is 5.75 Å². The van der Waals surface area contributed by atoms with Crippen LogP contribution >= 0.6 is 11.6 Å². The first-order valence-corrected chi connectivity index (χ1v) is 7.17. The van der Waals surface area contributed by atoms with Gasteiger partial charge in [0.15, 0.2) is 6.61 Å². The van der Waals surface area contributed by atoms with Gasteiger partial charge in [-0.15, -0.1) is 0 Å². The molecule has 2 rings (SSSR count). The quantitative estimate of drug-likeness (QED) is 0.800. The third kappa shape index (κ3) is 3.67. The summed E-state index contributed by atoms with van der Waals surface area (Å²) >= 11 is 5.93. The van der Waals surface area contributed by atoms with Gasteiger partial charge in [0, 0.05) is 11.6 Å². The lowest BCUT2D eigenvalue weighted by Crippen LogP contribution is -2.43. The molecule has 1 fully saturated rings. The predicted molar refractivity (Wildman–Crippen MR) is 78.4 cm³/mol. The van der Waals surface area contributed by atoms with E-state index in [1.165, 1.54) is 12.0 Å². The van der Waals surface area contributed by atoms with Gasteiger partial charge >= 0.3 is 5.97 Å². The Hall–Kier alpha value is -1.75. The topological polar surface area (TPSA) is 55.8 Å². The highest BCUT2D eigenvalue weighted by molar-refractivity contribution is 6.31. The fraction of sp³-hybridized carbons (Fsp3) is 0.467. The summed E-state index contributed by atoms with van der Waals surface area (Å²) in [7, 11) is 1.33. The van der Waals surface area contributed by atoms with E-state index in [4.69, 9.17) is 21.1 Å². The van der Waals surface area contributed by atoms with Crippen molar-refractivity contribution in [2.24, 2.45) is 0 Å². The molecule has 21 heavy (non-hydrogen) atoms. The first kappa shape index (κ1) is 15.6. The minimum atomic E-state index is -0.488. The van der Waals surface area contributed by atoms with Crippen molar-refractivity contribution in [2.45, 2.75) is 25.8 Å². The van der Waals surface area contributed by atoms with E-state index in [9.17, 15) is 9.59 Å². The molecule has 1 aromatic rings. The molecule has 0 spiro atoms. The molecule has 1 aromatic carbocycles. The summed E-state index contributed by atoms with van der Waals surface area (Å²) in [5.74, 6) is -0.00208. The Morgan fingerprint density at radius 3 is 2.86 bits per heavy atom. The van der Waals surface area contributed by atoms with Gasteiger partial charge in [-0.1, -0.05) is 11.6 Å². The van der Waals surface area contributed by atoms with E-state index in [-0.39, 0.29) is 18.5 Å². The molecular weight excluding hydrogens is 294 g/mol. The number of hydrogen-bond acceptors (Lipinski definition) is 4. The fourth-order valence-corrected chi connectivity index (χ4v) is 2.50. The molecule has 1 unspecified atom stereocenters. The maximum absolute atomic E-state index is 12.2. The summed E-state index contributed by atoms with van der Waals surface area (Å²) in [6.07, 6.45) is 1.43. The van der Waals surface area contributed by atoms with Crippen LogP contribution in [-0.4, -0.2) is 43.1 Å². The van der Waals surface area contributed by atoms with Crippen LogP contribution in [0.5, 0.6) is 5.75 Å². The summed E-state index contributed by atoms with van der Waals surface area (Å²) < 4.78 is 10.2. The molecule has 0 N–H and O–H groups in total. The van der Waals surface area contributed by atoms with Gasteiger partial charge in [0.25, 0.3) is 5.91 Å². The number of carbonyl (C=O) groups is 2. The third-order valence-corrected chi connectivity index (χ3v) is 3.96. The first-order valence-electron chi connectivity index (χ1n) is 6.79. The molecule has 0 aromatic heterocycles. The van der Waals surface area contributed by atoms with Crippen molar-refractivity contribution < 1.29 is 19.1 Å². The average molecular weight is 312 g/mol. The van der Waals surface area contributed by atoms with Gasteiger partial charge in [-0.3, -0.25) is 4.79 Å². The zero-order valence-corrected chi connectivity index (χ0v) is 12.9. The molecule has 0 aliphatic carbocycles. The number of ether oxygens (including phenoxy) is 2. The van der Waals surface area contributed by atoms with Crippen LogP contribution in [0.25, 0.3) is 0 Å². The summed E-state index contributed by atoms with van der Waals surface area (Å²) in [6, 6.07) is 4.73. The number of halogens is 1. The van der Waals surface area contributed by atoms with Crippen molar-refractivity contribution >= 4 is 23.5 Å². The molecule has 1 atom stereocenters. The Labute approximate surface area is 128 Å². The Balaban J connectivity index is 1.94. The van der Waals surface area contributed by atoms with Gasteiger partial charge in [0.2, 0.25) is 0 Å². The molecule has 0 radical (unpaired) electrons. The molecule has 1 amide bonds. The summed E-state index contributed by atoms with van der Waals surface area (Å²) in [4.78, 5) is 25.3. The monoisotopic (exact) mass is 311 g/mol. The van der Waals surface area contributed by atoms with Gasteiger partial charge in [0.1, 0.15) is 11.8 Å². The Morgan fingerprint density at radius 1 is 1.43 bits per heavy atom. The molecular formula is C15H18ClNO4. The first-order chi connectivity index (χ1) is 10.0. The second-order valence-electron chi connectivity index (χ2n) is 4.97. The molecule has 0 bridgehead atoms. The fourth-order valence-electron chi connectivity index (χ4n) is 2.38. The minimum Gasteiger partial charge on any atom is -0.484 e. The van der Waals surface area contributed by atoms with Gasteiger partial charge in [-0.25, -0.2) is 4.79 Å². The van der Waals surface area contributed by atoms with E-state index in [2.05, 4.69) is 0 Å². The third-order valence-electron chi connectivity index (χ3n) is 3.54. The average Bonchev–Trinajstić information content (AvgIpc) is 2.97. The van der Waals surface area contributed by atoms with Gasteiger partial charge < -0.3 is 14.4 Å². The number of amides is 1. The van der Waals surface area contributed by atoms with Crippen LogP contribution in [0.2, 0.25) is 5.02 Å². The van der Waals surface area contributed by atoms with E-state index in [0.29, 0.717) is 23.7 Å². The SMILES string of the molecule is COC(=O)C1CCCN1C(=O)COc1ccc(Cl)c(C)c1. The van der Waals surface area contributed by atoms with Crippen molar-refractivity contribution in [1.29, 1.82) is 0 Å². The number of nitrogens with zero attached hydrogens (tertiary/aromatic N) is 1. The zero-order valence-electron chi connectivity index (χ0n) is 12.1. The highest BCUT2D eigenvalue weighted by atomic mass is 35.5. The van der Waals surface area contributed by atoms with E-state index in [1.54, 1.807) is 18.2 Å². The number of rotatable bonds is 4. The molecule has 1 aliphatic heterocycles. The van der Waals surface area contributed by atoms with E-state index in [0.717, 1.165) is 12.0 Å². The maximum Gasteiger partial charge on any atom is 0.328 e. The number of likely N-dealkylation sites (tertiary alicyclic amines) is 1. The Kier molecular flexibility index (Phi) is 5.07. The largest absolute Gasteiger partial charge is 0.484 e. The van der Waals surface area contributed by atoms with Crippen LogP contribution in [0.15, 0.2) is 18.2 Å². The number of hydrogen-bond donors (Lipinski definition) is 0. The van der Waals surface area contributed by atoms with Crippen LogP contribution in [0.4, 0.5) is 0 Å². The number of methoxy groups -OCH3 is 1. The standard InChI is InChI=1S/C15H18ClNO4/c1-10-8-11(5-6-12(10)16)21-9-14(18)17-7-3-4-13(17)15(19)20-2/h5-6,8,13H,3-4,7,9H2,1-2H3. The Bertz CT molecular complexity index is 546. The number of aryl methyl sites for hydroxylation is 1. The van der Waals surface area contributed by atoms with Crippen molar-refractivity contribution in [3.05, 3.63) is 28.8 Å². The normalized spacial score (nSPS) is 17.7. The zero-order chi connectivity index (χ0) is 15.4. The van der Waals surface area contributed by atoms with Crippen LogP contribution in [-0.2, 0) is 14.3 Å². The van der Waals surface area contributed by atoms with Crippen LogP contribution in [0, 0.1) is 6.92 Å². The summed E-state index contributed by atoms with van der Waals surface area (Å²) in [5, 5.41) is 0.652. The highest BCUT2D eigenvalue weighted by Crippen LogP contribution is 2.22. The summed E-state index contributed by atoms with van der Waals surface area (Å²) in [6.45, 7) is 2.32. The van der Waals surface area contributed by atoms with E-state index >= 15 is 0 Å². The van der Waals surface area contributed by atoms with Gasteiger partial charge in [-0.05, 0) is 43.5 Å².